The van der Waals surface area contributed by atoms with Gasteiger partial charge in [0.05, 0.1) is 5.56 Å². The topological polar surface area (TPSA) is 75.6 Å². The third-order valence-electron chi connectivity index (χ3n) is 3.39. The van der Waals surface area contributed by atoms with Crippen LogP contribution in [0.4, 0.5) is 13.2 Å². The van der Waals surface area contributed by atoms with Crippen LogP contribution in [-0.2, 0) is 15.8 Å². The maximum absolute atomic E-state index is 12.8. The van der Waals surface area contributed by atoms with Gasteiger partial charge in [-0.3, -0.25) is 4.79 Å². The molecule has 0 aliphatic heterocycles. The maximum atomic E-state index is 12.8. The van der Waals surface area contributed by atoms with E-state index in [-0.39, 0.29) is 0 Å². The molecule has 8 heteroatoms. The van der Waals surface area contributed by atoms with Gasteiger partial charge in [-0.25, -0.2) is 4.79 Å². The molecule has 0 spiro atoms. The lowest BCUT2D eigenvalue weighted by molar-refractivity contribution is -0.144. The minimum Gasteiger partial charge on any atom is -0.480 e. The molecule has 1 atom stereocenters. The van der Waals surface area contributed by atoms with Gasteiger partial charge in [-0.15, -0.1) is 0 Å². The second-order valence-corrected chi connectivity index (χ2v) is 5.13. The predicted molar refractivity (Wildman–Crippen MR) is 69.3 cm³/mol. The number of rotatable bonds is 5. The summed E-state index contributed by atoms with van der Waals surface area (Å²) in [5.41, 5.74) is -2.30. The minimum absolute atomic E-state index is 0.292. The molecule has 1 amide bonds. The number of carboxylic acid groups (broad SMARTS) is 1. The third kappa shape index (κ3) is 3.32. The van der Waals surface area contributed by atoms with E-state index in [0.29, 0.717) is 12.8 Å². The average molecular weight is 317 g/mol. The molecule has 1 aliphatic rings. The fraction of sp³-hybridized carbons (Fsp3) is 0.429. The highest BCUT2D eigenvalue weighted by Crippen LogP contribution is 2.37. The van der Waals surface area contributed by atoms with Gasteiger partial charge in [0.2, 0.25) is 0 Å². The number of nitrogens with one attached hydrogen (secondary N) is 1. The number of amides is 1. The molecule has 2 N–H and O–H groups in total. The smallest absolute Gasteiger partial charge is 0.419 e. The van der Waals surface area contributed by atoms with Crippen molar-refractivity contribution in [1.82, 2.24) is 5.32 Å². The summed E-state index contributed by atoms with van der Waals surface area (Å²) in [6.07, 6.45) is -5.27. The molecule has 120 valence electrons. The first-order chi connectivity index (χ1) is 10.2. The van der Waals surface area contributed by atoms with E-state index in [1.54, 1.807) is 0 Å². The van der Waals surface area contributed by atoms with E-state index < -0.39 is 41.0 Å². The van der Waals surface area contributed by atoms with E-state index in [9.17, 15) is 22.8 Å². The lowest BCUT2D eigenvalue weighted by atomic mass is 10.2. The average Bonchev–Trinajstić information content (AvgIpc) is 3.19. The maximum Gasteiger partial charge on any atom is 0.419 e. The SMILES string of the molecule is CC(Oc1ccccc1C(F)(F)F)C(=O)NC1(C(=O)O)CC1. The number of halogens is 3. The van der Waals surface area contributed by atoms with E-state index in [4.69, 9.17) is 9.84 Å². The molecule has 1 fully saturated rings. The Morgan fingerprint density at radius 3 is 2.41 bits per heavy atom. The number of hydrogen-bond acceptors (Lipinski definition) is 3. The molecule has 5 nitrogen and oxygen atoms in total. The zero-order valence-electron chi connectivity index (χ0n) is 11.6. The fourth-order valence-electron chi connectivity index (χ4n) is 1.90. The summed E-state index contributed by atoms with van der Waals surface area (Å²) in [7, 11) is 0. The summed E-state index contributed by atoms with van der Waals surface area (Å²) in [6.45, 7) is 1.26. The molecule has 1 aromatic carbocycles. The Morgan fingerprint density at radius 2 is 1.91 bits per heavy atom. The molecular formula is C14H14F3NO4. The highest BCUT2D eigenvalue weighted by molar-refractivity contribution is 5.91. The van der Waals surface area contributed by atoms with Crippen LogP contribution in [0.1, 0.15) is 25.3 Å². The number of ether oxygens (including phenoxy) is 1. The molecule has 1 aliphatic carbocycles. The summed E-state index contributed by atoms with van der Waals surface area (Å²) in [4.78, 5) is 22.9. The molecule has 1 saturated carbocycles. The van der Waals surface area contributed by atoms with E-state index in [0.717, 1.165) is 12.1 Å². The van der Waals surface area contributed by atoms with Crippen LogP contribution in [0.15, 0.2) is 24.3 Å². The van der Waals surface area contributed by atoms with Gasteiger partial charge in [0.1, 0.15) is 11.3 Å². The first-order valence-electron chi connectivity index (χ1n) is 6.54. The number of carbonyl (C=O) groups excluding carboxylic acids is 1. The number of benzene rings is 1. The van der Waals surface area contributed by atoms with Crippen LogP contribution in [0.5, 0.6) is 5.75 Å². The highest BCUT2D eigenvalue weighted by atomic mass is 19.4. The predicted octanol–water partition coefficient (Wildman–Crippen LogP) is 2.21. The fourth-order valence-corrected chi connectivity index (χ4v) is 1.90. The summed E-state index contributed by atoms with van der Waals surface area (Å²) >= 11 is 0. The van der Waals surface area contributed by atoms with Crippen molar-refractivity contribution in [1.29, 1.82) is 0 Å². The minimum atomic E-state index is -4.61. The van der Waals surface area contributed by atoms with Crippen molar-refractivity contribution in [3.63, 3.8) is 0 Å². The van der Waals surface area contributed by atoms with Crippen LogP contribution in [0.3, 0.4) is 0 Å². The zero-order valence-corrected chi connectivity index (χ0v) is 11.6. The normalized spacial score (nSPS) is 17.5. The van der Waals surface area contributed by atoms with Crippen molar-refractivity contribution in [2.75, 3.05) is 0 Å². The van der Waals surface area contributed by atoms with E-state index >= 15 is 0 Å². The number of carbonyl (C=O) groups is 2. The van der Waals surface area contributed by atoms with Crippen molar-refractivity contribution in [2.24, 2.45) is 0 Å². The number of alkyl halides is 3. The Morgan fingerprint density at radius 1 is 1.32 bits per heavy atom. The summed E-state index contributed by atoms with van der Waals surface area (Å²) < 4.78 is 43.5. The summed E-state index contributed by atoms with van der Waals surface area (Å²) in [6, 6.07) is 4.52. The van der Waals surface area contributed by atoms with Crippen molar-refractivity contribution >= 4 is 11.9 Å². The Kier molecular flexibility index (Phi) is 4.04. The molecule has 0 radical (unpaired) electrons. The van der Waals surface area contributed by atoms with E-state index in [2.05, 4.69) is 5.32 Å². The van der Waals surface area contributed by atoms with Gasteiger partial charge >= 0.3 is 12.1 Å². The second-order valence-electron chi connectivity index (χ2n) is 5.13. The van der Waals surface area contributed by atoms with E-state index in [1.807, 2.05) is 0 Å². The summed E-state index contributed by atoms with van der Waals surface area (Å²) in [5.74, 6) is -2.40. The molecule has 2 rings (SSSR count). The van der Waals surface area contributed by atoms with Gasteiger partial charge in [0, 0.05) is 0 Å². The summed E-state index contributed by atoms with van der Waals surface area (Å²) in [5, 5.41) is 11.3. The Hall–Kier alpha value is -2.25. The van der Waals surface area contributed by atoms with Crippen molar-refractivity contribution in [2.45, 2.75) is 37.6 Å². The van der Waals surface area contributed by atoms with Crippen molar-refractivity contribution in [3.05, 3.63) is 29.8 Å². The van der Waals surface area contributed by atoms with Crippen LogP contribution in [0.25, 0.3) is 0 Å². The van der Waals surface area contributed by atoms with Gasteiger partial charge in [-0.1, -0.05) is 12.1 Å². The van der Waals surface area contributed by atoms with Crippen LogP contribution >= 0.6 is 0 Å². The molecule has 1 unspecified atom stereocenters. The first kappa shape index (κ1) is 16.1. The van der Waals surface area contributed by atoms with Gasteiger partial charge in [-0.05, 0) is 31.9 Å². The van der Waals surface area contributed by atoms with Gasteiger partial charge in [-0.2, -0.15) is 13.2 Å². The van der Waals surface area contributed by atoms with Crippen molar-refractivity contribution < 1.29 is 32.6 Å². The third-order valence-corrected chi connectivity index (χ3v) is 3.39. The monoisotopic (exact) mass is 317 g/mol. The van der Waals surface area contributed by atoms with Gasteiger partial charge in [0.25, 0.3) is 5.91 Å². The molecule has 1 aromatic rings. The molecule has 0 saturated heterocycles. The Bertz CT molecular complexity index is 596. The van der Waals surface area contributed by atoms with Crippen LogP contribution in [0.2, 0.25) is 0 Å². The van der Waals surface area contributed by atoms with Crippen LogP contribution in [-0.4, -0.2) is 28.6 Å². The second kappa shape index (κ2) is 5.51. The quantitative estimate of drug-likeness (QED) is 0.873. The van der Waals surface area contributed by atoms with Crippen molar-refractivity contribution in [3.8, 4) is 5.75 Å². The number of carboxylic acids is 1. The lowest BCUT2D eigenvalue weighted by Gasteiger charge is -2.20. The lowest BCUT2D eigenvalue weighted by Crippen LogP contribution is -2.48. The number of para-hydroxylation sites is 1. The zero-order chi connectivity index (χ0) is 16.5. The molecule has 0 heterocycles. The number of aliphatic carboxylic acids is 1. The van der Waals surface area contributed by atoms with Gasteiger partial charge in [0.15, 0.2) is 6.10 Å². The van der Waals surface area contributed by atoms with E-state index in [1.165, 1.54) is 19.1 Å². The Labute approximate surface area is 124 Å². The largest absolute Gasteiger partial charge is 0.480 e. The van der Waals surface area contributed by atoms with Gasteiger partial charge < -0.3 is 15.2 Å². The standard InChI is InChI=1S/C14H14F3NO4/c1-8(11(19)18-13(6-7-13)12(20)21)22-10-5-3-2-4-9(10)14(15,16)17/h2-5,8H,6-7H2,1H3,(H,18,19)(H,20,21). The Balaban J connectivity index is 2.08. The number of hydrogen-bond donors (Lipinski definition) is 2. The molecular weight excluding hydrogens is 303 g/mol. The van der Waals surface area contributed by atoms with Crippen LogP contribution < -0.4 is 10.1 Å². The molecule has 22 heavy (non-hydrogen) atoms. The molecule has 0 bridgehead atoms. The molecule has 0 aromatic heterocycles. The first-order valence-corrected chi connectivity index (χ1v) is 6.54. The van der Waals surface area contributed by atoms with Crippen LogP contribution in [0, 0.1) is 0 Å². The highest BCUT2D eigenvalue weighted by Gasteiger charge is 2.52.